The second-order valence-electron chi connectivity index (χ2n) is 7.18. The molecule has 0 saturated carbocycles. The molecule has 1 N–H and O–H groups in total. The maximum atomic E-state index is 12.6. The lowest BCUT2D eigenvalue weighted by molar-refractivity contribution is -0.386. The van der Waals surface area contributed by atoms with Gasteiger partial charge < -0.3 is 14.8 Å². The third-order valence-electron chi connectivity index (χ3n) is 4.91. The fourth-order valence-corrected chi connectivity index (χ4v) is 4.67. The van der Waals surface area contributed by atoms with Crippen molar-refractivity contribution in [2.24, 2.45) is 0 Å². The highest BCUT2D eigenvalue weighted by atomic mass is 32.2. The van der Waals surface area contributed by atoms with Gasteiger partial charge in [0.15, 0.2) is 6.61 Å². The van der Waals surface area contributed by atoms with Gasteiger partial charge in [-0.1, -0.05) is 0 Å². The standard InChI is InChI=1S/C19H23N5O8S/c1-13-19(24(27)28)14(2)23(21-13)11-18(26)32-12-17(25)20-15-3-5-16(6-4-15)33(29,30)22-7-9-31-10-8-22/h3-6H,7-12H2,1-2H3,(H,20,25). The lowest BCUT2D eigenvalue weighted by Crippen LogP contribution is -2.40. The van der Waals surface area contributed by atoms with Crippen molar-refractivity contribution in [2.75, 3.05) is 38.2 Å². The molecule has 1 aliphatic rings. The van der Waals surface area contributed by atoms with Crippen molar-refractivity contribution in [3.8, 4) is 0 Å². The molecule has 13 nitrogen and oxygen atoms in total. The fraction of sp³-hybridized carbons (Fsp3) is 0.421. The number of rotatable bonds is 8. The summed E-state index contributed by atoms with van der Waals surface area (Å²) in [6, 6.07) is 5.62. The number of nitro groups is 1. The molecule has 0 spiro atoms. The summed E-state index contributed by atoms with van der Waals surface area (Å²) >= 11 is 0. The summed E-state index contributed by atoms with van der Waals surface area (Å²) in [5.41, 5.74) is 0.513. The molecule has 178 valence electrons. The van der Waals surface area contributed by atoms with Gasteiger partial charge in [-0.05, 0) is 38.1 Å². The first kappa shape index (κ1) is 24.3. The van der Waals surface area contributed by atoms with Crippen molar-refractivity contribution in [1.82, 2.24) is 14.1 Å². The molecule has 0 atom stereocenters. The van der Waals surface area contributed by atoms with E-state index in [0.717, 1.165) is 4.68 Å². The Balaban J connectivity index is 1.52. The van der Waals surface area contributed by atoms with Crippen LogP contribution in [0.5, 0.6) is 0 Å². The number of nitrogens with one attached hydrogen (secondary N) is 1. The molecule has 0 bridgehead atoms. The lowest BCUT2D eigenvalue weighted by atomic mass is 10.3. The molecule has 0 radical (unpaired) electrons. The number of hydrogen-bond donors (Lipinski definition) is 1. The van der Waals surface area contributed by atoms with Crippen molar-refractivity contribution in [1.29, 1.82) is 0 Å². The Kier molecular flexibility index (Phi) is 7.40. The molecule has 1 amide bonds. The van der Waals surface area contributed by atoms with Gasteiger partial charge in [-0.25, -0.2) is 8.42 Å². The van der Waals surface area contributed by atoms with E-state index in [0.29, 0.717) is 18.9 Å². The minimum Gasteiger partial charge on any atom is -0.454 e. The van der Waals surface area contributed by atoms with Crippen LogP contribution in [0.4, 0.5) is 11.4 Å². The highest BCUT2D eigenvalue weighted by Crippen LogP contribution is 2.22. The monoisotopic (exact) mass is 481 g/mol. The second-order valence-corrected chi connectivity index (χ2v) is 9.12. The van der Waals surface area contributed by atoms with E-state index in [9.17, 15) is 28.1 Å². The highest BCUT2D eigenvalue weighted by Gasteiger charge is 2.26. The summed E-state index contributed by atoms with van der Waals surface area (Å²) in [5.74, 6) is -1.43. The number of ether oxygens (including phenoxy) is 2. The topological polar surface area (TPSA) is 163 Å². The molecule has 33 heavy (non-hydrogen) atoms. The number of hydrogen-bond acceptors (Lipinski definition) is 9. The third kappa shape index (κ3) is 5.71. The van der Waals surface area contributed by atoms with E-state index < -0.39 is 33.4 Å². The number of esters is 1. The smallest absolute Gasteiger partial charge is 0.328 e. The van der Waals surface area contributed by atoms with Crippen LogP contribution in [0, 0.1) is 24.0 Å². The van der Waals surface area contributed by atoms with Crippen LogP contribution in [0.3, 0.4) is 0 Å². The maximum absolute atomic E-state index is 12.6. The second kappa shape index (κ2) is 10.1. The van der Waals surface area contributed by atoms with E-state index >= 15 is 0 Å². The summed E-state index contributed by atoms with van der Waals surface area (Å²) in [6.45, 7) is 3.16. The van der Waals surface area contributed by atoms with Crippen molar-refractivity contribution in [3.05, 3.63) is 45.8 Å². The zero-order valence-corrected chi connectivity index (χ0v) is 18.8. The Labute approximate surface area is 189 Å². The molecule has 0 unspecified atom stereocenters. The Morgan fingerprint density at radius 1 is 1.21 bits per heavy atom. The summed E-state index contributed by atoms with van der Waals surface area (Å²) in [5, 5.41) is 17.5. The van der Waals surface area contributed by atoms with Gasteiger partial charge in [0.1, 0.15) is 17.9 Å². The molecule has 2 aromatic rings. The van der Waals surface area contributed by atoms with E-state index in [1.807, 2.05) is 0 Å². The molecule has 0 aliphatic carbocycles. The van der Waals surface area contributed by atoms with E-state index in [-0.39, 0.29) is 41.6 Å². The molecule has 14 heteroatoms. The number of anilines is 1. The van der Waals surface area contributed by atoms with E-state index in [1.165, 1.54) is 42.4 Å². The largest absolute Gasteiger partial charge is 0.454 e. The Morgan fingerprint density at radius 2 is 1.85 bits per heavy atom. The summed E-state index contributed by atoms with van der Waals surface area (Å²) in [6.07, 6.45) is 0. The number of carbonyl (C=O) groups excluding carboxylic acids is 2. The van der Waals surface area contributed by atoms with Crippen molar-refractivity contribution >= 4 is 33.3 Å². The summed E-state index contributed by atoms with van der Waals surface area (Å²) < 4.78 is 37.8. The average molecular weight is 481 g/mol. The van der Waals surface area contributed by atoms with Gasteiger partial charge in [0.2, 0.25) is 10.0 Å². The number of amides is 1. The third-order valence-corrected chi connectivity index (χ3v) is 6.83. The number of carbonyl (C=O) groups is 2. The summed E-state index contributed by atoms with van der Waals surface area (Å²) in [4.78, 5) is 34.6. The van der Waals surface area contributed by atoms with Gasteiger partial charge in [0, 0.05) is 18.8 Å². The maximum Gasteiger partial charge on any atom is 0.328 e. The fourth-order valence-electron chi connectivity index (χ4n) is 3.26. The Hall–Kier alpha value is -3.36. The minimum atomic E-state index is -3.65. The van der Waals surface area contributed by atoms with Gasteiger partial charge >= 0.3 is 11.7 Å². The van der Waals surface area contributed by atoms with E-state index in [4.69, 9.17) is 9.47 Å². The van der Waals surface area contributed by atoms with Crippen LogP contribution in [0.1, 0.15) is 11.4 Å². The van der Waals surface area contributed by atoms with Crippen LogP contribution in [0.25, 0.3) is 0 Å². The number of morpholine rings is 1. The molecular weight excluding hydrogens is 458 g/mol. The Bertz CT molecular complexity index is 1150. The molecule has 1 saturated heterocycles. The van der Waals surface area contributed by atoms with Gasteiger partial charge in [0.05, 0.1) is 23.0 Å². The number of nitrogens with zero attached hydrogens (tertiary/aromatic N) is 4. The molecular formula is C19H23N5O8S. The average Bonchev–Trinajstić information content (AvgIpc) is 3.06. The number of aromatic nitrogens is 2. The quantitative estimate of drug-likeness (QED) is 0.323. The van der Waals surface area contributed by atoms with Crippen LogP contribution >= 0.6 is 0 Å². The number of sulfonamides is 1. The van der Waals surface area contributed by atoms with Gasteiger partial charge in [-0.15, -0.1) is 0 Å². The van der Waals surface area contributed by atoms with Gasteiger partial charge in [-0.2, -0.15) is 9.40 Å². The first-order valence-electron chi connectivity index (χ1n) is 9.91. The van der Waals surface area contributed by atoms with Crippen LogP contribution in [-0.2, 0) is 35.6 Å². The predicted octanol–water partition coefficient (Wildman–Crippen LogP) is 0.611. The zero-order chi connectivity index (χ0) is 24.2. The number of aryl methyl sites for hydroxylation is 1. The van der Waals surface area contributed by atoms with Crippen LogP contribution in [0.15, 0.2) is 29.2 Å². The lowest BCUT2D eigenvalue weighted by Gasteiger charge is -2.26. The Morgan fingerprint density at radius 3 is 2.42 bits per heavy atom. The first-order chi connectivity index (χ1) is 15.6. The van der Waals surface area contributed by atoms with Crippen molar-refractivity contribution < 1.29 is 32.4 Å². The van der Waals surface area contributed by atoms with Crippen LogP contribution in [0.2, 0.25) is 0 Å². The van der Waals surface area contributed by atoms with Crippen LogP contribution in [-0.4, -0.2) is 72.2 Å². The zero-order valence-electron chi connectivity index (χ0n) is 18.0. The normalized spacial score (nSPS) is 14.6. The molecule has 1 fully saturated rings. The van der Waals surface area contributed by atoms with E-state index in [1.54, 1.807) is 0 Å². The predicted molar refractivity (Wildman–Crippen MR) is 114 cm³/mol. The first-order valence-corrected chi connectivity index (χ1v) is 11.4. The summed E-state index contributed by atoms with van der Waals surface area (Å²) in [7, 11) is -3.65. The van der Waals surface area contributed by atoms with Crippen molar-refractivity contribution in [2.45, 2.75) is 25.3 Å². The molecule has 3 rings (SSSR count). The molecule has 1 aliphatic heterocycles. The SMILES string of the molecule is Cc1nn(CC(=O)OCC(=O)Nc2ccc(S(=O)(=O)N3CCOCC3)cc2)c(C)c1[N+](=O)[O-]. The van der Waals surface area contributed by atoms with Crippen molar-refractivity contribution in [3.63, 3.8) is 0 Å². The van der Waals surface area contributed by atoms with Gasteiger partial charge in [-0.3, -0.25) is 24.4 Å². The van der Waals surface area contributed by atoms with E-state index in [2.05, 4.69) is 10.4 Å². The highest BCUT2D eigenvalue weighted by molar-refractivity contribution is 7.89. The molecule has 1 aromatic heterocycles. The minimum absolute atomic E-state index is 0.0906. The molecule has 2 heterocycles. The van der Waals surface area contributed by atoms with Gasteiger partial charge in [0.25, 0.3) is 5.91 Å². The number of benzene rings is 1. The van der Waals surface area contributed by atoms with Crippen LogP contribution < -0.4 is 5.32 Å². The molecule has 1 aromatic carbocycles.